The number of aliphatic carboxylic acids is 1. The van der Waals surface area contributed by atoms with Crippen LogP contribution in [0.1, 0.15) is 5.56 Å². The van der Waals surface area contributed by atoms with E-state index in [1.165, 1.54) is 17.8 Å². The molecule has 0 spiro atoms. The van der Waals surface area contributed by atoms with Gasteiger partial charge in [-0.15, -0.1) is 0 Å². The molecule has 1 amide bonds. The first-order chi connectivity index (χ1) is 17.0. The molecule has 1 aromatic heterocycles. The van der Waals surface area contributed by atoms with Crippen LogP contribution in [0.5, 0.6) is 5.75 Å². The van der Waals surface area contributed by atoms with Gasteiger partial charge in [-0.3, -0.25) is 4.79 Å². The molecule has 1 heterocycles. The highest BCUT2D eigenvalue weighted by Gasteiger charge is 2.20. The molecule has 0 radical (unpaired) electrons. The van der Waals surface area contributed by atoms with Gasteiger partial charge in [0.2, 0.25) is 0 Å². The third kappa shape index (κ3) is 6.51. The van der Waals surface area contributed by atoms with Gasteiger partial charge in [-0.1, -0.05) is 60.7 Å². The van der Waals surface area contributed by atoms with Gasteiger partial charge in [-0.25, -0.2) is 9.59 Å². The molecular formula is C27H23NO6S. The average Bonchev–Trinajstić information content (AvgIpc) is 2.87. The third-order valence-corrected chi connectivity index (χ3v) is 6.31. The van der Waals surface area contributed by atoms with Crippen LogP contribution < -0.4 is 15.7 Å². The number of hydrogen-bond donors (Lipinski definition) is 2. The molecule has 2 N–H and O–H groups in total. The molecule has 178 valence electrons. The molecule has 0 fully saturated rings. The zero-order valence-corrected chi connectivity index (χ0v) is 19.5. The lowest BCUT2D eigenvalue weighted by molar-refractivity contribution is -0.141. The molecule has 3 aromatic carbocycles. The lowest BCUT2D eigenvalue weighted by Crippen LogP contribution is -2.44. The Morgan fingerprint density at radius 2 is 1.69 bits per heavy atom. The number of carbonyl (C=O) groups excluding carboxylic acids is 1. The smallest absolute Gasteiger partial charge is 0.336 e. The van der Waals surface area contributed by atoms with E-state index in [2.05, 4.69) is 5.32 Å². The molecule has 0 saturated heterocycles. The summed E-state index contributed by atoms with van der Waals surface area (Å²) in [6, 6.07) is 24.5. The van der Waals surface area contributed by atoms with Crippen molar-refractivity contribution in [2.24, 2.45) is 0 Å². The minimum atomic E-state index is -1.11. The number of ether oxygens (including phenoxy) is 1. The van der Waals surface area contributed by atoms with Crippen LogP contribution in [0.4, 0.5) is 0 Å². The zero-order valence-electron chi connectivity index (χ0n) is 18.7. The molecule has 4 rings (SSSR count). The Hall–Kier alpha value is -4.04. The maximum atomic E-state index is 12.3. The lowest BCUT2D eigenvalue weighted by atomic mass is 10.0. The van der Waals surface area contributed by atoms with Crippen molar-refractivity contribution >= 4 is 34.6 Å². The molecule has 7 nitrogen and oxygen atoms in total. The first-order valence-corrected chi connectivity index (χ1v) is 12.0. The van der Waals surface area contributed by atoms with Gasteiger partial charge in [-0.05, 0) is 28.8 Å². The number of amides is 1. The molecule has 0 saturated carbocycles. The second-order valence-corrected chi connectivity index (χ2v) is 8.78. The van der Waals surface area contributed by atoms with Crippen molar-refractivity contribution in [1.82, 2.24) is 5.32 Å². The largest absolute Gasteiger partial charge is 0.484 e. The van der Waals surface area contributed by atoms with Crippen LogP contribution in [0.2, 0.25) is 0 Å². The molecule has 0 unspecified atom stereocenters. The third-order valence-electron chi connectivity index (χ3n) is 5.20. The summed E-state index contributed by atoms with van der Waals surface area (Å²) in [5.41, 5.74) is 2.52. The summed E-state index contributed by atoms with van der Waals surface area (Å²) in [5.74, 6) is -0.479. The number of rotatable bonds is 10. The Labute approximate surface area is 205 Å². The predicted octanol–water partition coefficient (Wildman–Crippen LogP) is 4.34. The maximum absolute atomic E-state index is 12.3. The second kappa shape index (κ2) is 11.4. The quantitative estimate of drug-likeness (QED) is 0.319. The molecule has 0 aliphatic heterocycles. The zero-order chi connectivity index (χ0) is 24.6. The standard InChI is InChI=1S/C27H23NO6S/c29-25(28-23(27(31)32)17-35-16-18-7-3-1-4-8-18)15-33-20-11-12-21-22(19-9-5-2-6-10-19)14-26(30)34-24(21)13-20/h1-14,23H,15-17H2,(H,28,29)(H,31,32)/t23-/m0/s1. The average molecular weight is 490 g/mol. The molecule has 0 bridgehead atoms. The summed E-state index contributed by atoms with van der Waals surface area (Å²) >= 11 is 1.42. The fourth-order valence-corrected chi connectivity index (χ4v) is 4.53. The minimum absolute atomic E-state index is 0.222. The van der Waals surface area contributed by atoms with Gasteiger partial charge in [-0.2, -0.15) is 11.8 Å². The SMILES string of the molecule is O=C(COc1ccc2c(-c3ccccc3)cc(=O)oc2c1)N[C@@H](CSCc1ccccc1)C(=O)O. The highest BCUT2D eigenvalue weighted by molar-refractivity contribution is 7.98. The molecule has 1 atom stereocenters. The Morgan fingerprint density at radius 1 is 0.971 bits per heavy atom. The van der Waals surface area contributed by atoms with Crippen molar-refractivity contribution in [3.8, 4) is 16.9 Å². The normalized spacial score (nSPS) is 11.7. The van der Waals surface area contributed by atoms with Crippen molar-refractivity contribution in [3.63, 3.8) is 0 Å². The van der Waals surface area contributed by atoms with E-state index in [0.717, 1.165) is 22.1 Å². The number of fused-ring (bicyclic) bond motifs is 1. The van der Waals surface area contributed by atoms with Crippen LogP contribution in [0.25, 0.3) is 22.1 Å². The highest BCUT2D eigenvalue weighted by atomic mass is 32.2. The summed E-state index contributed by atoms with van der Waals surface area (Å²) in [6.45, 7) is -0.374. The van der Waals surface area contributed by atoms with Crippen LogP contribution in [-0.4, -0.2) is 35.4 Å². The Balaban J connectivity index is 1.37. The van der Waals surface area contributed by atoms with Crippen LogP contribution in [-0.2, 0) is 15.3 Å². The van der Waals surface area contributed by atoms with Crippen LogP contribution >= 0.6 is 11.8 Å². The molecule has 8 heteroatoms. The fraction of sp³-hybridized carbons (Fsp3) is 0.148. The molecule has 35 heavy (non-hydrogen) atoms. The number of thioether (sulfide) groups is 1. The summed E-state index contributed by atoms with van der Waals surface area (Å²) in [7, 11) is 0. The van der Waals surface area contributed by atoms with Gasteiger partial charge in [0.1, 0.15) is 17.4 Å². The van der Waals surface area contributed by atoms with E-state index in [-0.39, 0.29) is 12.4 Å². The summed E-state index contributed by atoms with van der Waals surface area (Å²) in [4.78, 5) is 36.0. The van der Waals surface area contributed by atoms with Crippen molar-refractivity contribution in [2.75, 3.05) is 12.4 Å². The second-order valence-electron chi connectivity index (χ2n) is 7.75. The van der Waals surface area contributed by atoms with Gasteiger partial charge in [0.15, 0.2) is 6.61 Å². The summed E-state index contributed by atoms with van der Waals surface area (Å²) < 4.78 is 10.9. The number of carbonyl (C=O) groups is 2. The van der Waals surface area contributed by atoms with Gasteiger partial charge in [0.25, 0.3) is 5.91 Å². The van der Waals surface area contributed by atoms with E-state index < -0.39 is 23.5 Å². The molecule has 0 aliphatic rings. The van der Waals surface area contributed by atoms with Crippen LogP contribution in [0.15, 0.2) is 94.1 Å². The van der Waals surface area contributed by atoms with E-state index in [4.69, 9.17) is 9.15 Å². The Morgan fingerprint density at radius 3 is 2.40 bits per heavy atom. The van der Waals surface area contributed by atoms with Crippen molar-refractivity contribution in [3.05, 3.63) is 101 Å². The maximum Gasteiger partial charge on any atom is 0.336 e. The van der Waals surface area contributed by atoms with E-state index in [1.54, 1.807) is 18.2 Å². The van der Waals surface area contributed by atoms with E-state index >= 15 is 0 Å². The summed E-state index contributed by atoms with van der Waals surface area (Å²) in [6.07, 6.45) is 0. The monoisotopic (exact) mass is 489 g/mol. The van der Waals surface area contributed by atoms with Gasteiger partial charge in [0, 0.05) is 29.0 Å². The number of carboxylic acids is 1. The highest BCUT2D eigenvalue weighted by Crippen LogP contribution is 2.29. The number of nitrogens with one attached hydrogen (secondary N) is 1. The molecular weight excluding hydrogens is 466 g/mol. The van der Waals surface area contributed by atoms with Crippen molar-refractivity contribution < 1.29 is 23.8 Å². The predicted molar refractivity (Wildman–Crippen MR) is 136 cm³/mol. The first-order valence-electron chi connectivity index (χ1n) is 10.9. The number of hydrogen-bond acceptors (Lipinski definition) is 6. The number of benzene rings is 3. The van der Waals surface area contributed by atoms with Gasteiger partial charge in [0.05, 0.1) is 0 Å². The van der Waals surface area contributed by atoms with E-state index in [9.17, 15) is 19.5 Å². The van der Waals surface area contributed by atoms with Crippen LogP contribution in [0.3, 0.4) is 0 Å². The summed E-state index contributed by atoms with van der Waals surface area (Å²) in [5, 5.41) is 12.7. The first kappa shape index (κ1) is 24.1. The van der Waals surface area contributed by atoms with Crippen molar-refractivity contribution in [2.45, 2.75) is 11.8 Å². The molecule has 0 aliphatic carbocycles. The van der Waals surface area contributed by atoms with E-state index in [0.29, 0.717) is 17.1 Å². The van der Waals surface area contributed by atoms with Gasteiger partial charge < -0.3 is 19.6 Å². The number of carboxylic acid groups (broad SMARTS) is 1. The fourth-order valence-electron chi connectivity index (χ4n) is 3.52. The topological polar surface area (TPSA) is 106 Å². The van der Waals surface area contributed by atoms with Crippen LogP contribution in [0, 0.1) is 0 Å². The lowest BCUT2D eigenvalue weighted by Gasteiger charge is -2.15. The minimum Gasteiger partial charge on any atom is -0.484 e. The van der Waals surface area contributed by atoms with Crippen molar-refractivity contribution in [1.29, 1.82) is 0 Å². The van der Waals surface area contributed by atoms with E-state index in [1.807, 2.05) is 60.7 Å². The molecule has 4 aromatic rings. The van der Waals surface area contributed by atoms with Gasteiger partial charge >= 0.3 is 11.6 Å². The Bertz CT molecular complexity index is 1370. The Kier molecular flexibility index (Phi) is 7.84.